The highest BCUT2D eigenvalue weighted by atomic mass is 16.2. The summed E-state index contributed by atoms with van der Waals surface area (Å²) in [6.45, 7) is 11.7. The Hall–Kier alpha value is -3.59. The van der Waals surface area contributed by atoms with Crippen molar-refractivity contribution in [1.29, 1.82) is 0 Å². The molecule has 0 unspecified atom stereocenters. The highest BCUT2D eigenvalue weighted by molar-refractivity contribution is 6.08. The number of nitrogens with one attached hydrogen (secondary N) is 2. The smallest absolute Gasteiger partial charge is 0.320 e. The monoisotopic (exact) mass is 532 g/mol. The zero-order valence-corrected chi connectivity index (χ0v) is 23.5. The predicted octanol–water partition coefficient (Wildman–Crippen LogP) is 3.26. The number of pyridine rings is 1. The maximum absolute atomic E-state index is 13.4. The Bertz CT molecular complexity index is 1420. The zero-order valence-electron chi connectivity index (χ0n) is 23.5. The molecule has 2 N–H and O–H groups in total. The average molecular weight is 533 g/mol. The zero-order chi connectivity index (χ0) is 27.7. The molecule has 39 heavy (non-hydrogen) atoms. The summed E-state index contributed by atoms with van der Waals surface area (Å²) in [5.74, 6) is 0.259. The molecular weight excluding hydrogens is 492 g/mol. The van der Waals surface area contributed by atoms with E-state index in [1.54, 1.807) is 0 Å². The van der Waals surface area contributed by atoms with Crippen LogP contribution in [-0.2, 0) is 13.1 Å². The number of rotatable bonds is 5. The van der Waals surface area contributed by atoms with Gasteiger partial charge in [0.05, 0.1) is 5.56 Å². The molecule has 0 spiro atoms. The molecule has 3 amide bonds. The summed E-state index contributed by atoms with van der Waals surface area (Å²) < 4.78 is 2.26. The summed E-state index contributed by atoms with van der Waals surface area (Å²) in [7, 11) is 2.10. The Kier molecular flexibility index (Phi) is 7.79. The number of fused-ring (bicyclic) bond motifs is 1. The Morgan fingerprint density at radius 3 is 2.33 bits per heavy atom. The van der Waals surface area contributed by atoms with Gasteiger partial charge in [-0.3, -0.25) is 9.59 Å². The molecule has 2 fully saturated rings. The molecule has 9 nitrogen and oxygen atoms in total. The van der Waals surface area contributed by atoms with E-state index in [0.717, 1.165) is 86.5 Å². The summed E-state index contributed by atoms with van der Waals surface area (Å²) in [5, 5.41) is 3.92. The SMILES string of the molecule is Cc1cc(C)c(CNC(=O)c2c(C)n(CC3CCN(C(=O)N4CCN(C)CC4)CC3)c3ccccc23)c(=O)[nH]1. The fourth-order valence-electron chi connectivity index (χ4n) is 6.07. The maximum atomic E-state index is 13.4. The lowest BCUT2D eigenvalue weighted by molar-refractivity contribution is 0.0950. The van der Waals surface area contributed by atoms with Gasteiger partial charge in [0.2, 0.25) is 0 Å². The number of para-hydroxylation sites is 1. The van der Waals surface area contributed by atoms with Crippen LogP contribution < -0.4 is 10.9 Å². The second-order valence-electron chi connectivity index (χ2n) is 11.2. The first-order chi connectivity index (χ1) is 18.7. The first kappa shape index (κ1) is 27.0. The Labute approximate surface area is 229 Å². The number of aromatic nitrogens is 2. The number of nitrogens with zero attached hydrogens (tertiary/aromatic N) is 4. The van der Waals surface area contributed by atoms with Gasteiger partial charge in [0.15, 0.2) is 0 Å². The minimum atomic E-state index is -0.172. The van der Waals surface area contributed by atoms with E-state index in [2.05, 4.69) is 32.9 Å². The van der Waals surface area contributed by atoms with Gasteiger partial charge < -0.3 is 29.6 Å². The van der Waals surface area contributed by atoms with Crippen molar-refractivity contribution >= 4 is 22.8 Å². The number of carbonyl (C=O) groups excluding carboxylic acids is 2. The van der Waals surface area contributed by atoms with Crippen molar-refractivity contribution < 1.29 is 9.59 Å². The molecule has 208 valence electrons. The average Bonchev–Trinajstić information content (AvgIpc) is 3.19. The number of H-pyrrole nitrogens is 1. The highest BCUT2D eigenvalue weighted by Crippen LogP contribution is 2.29. The third-order valence-corrected chi connectivity index (χ3v) is 8.48. The van der Waals surface area contributed by atoms with Crippen LogP contribution in [0.3, 0.4) is 0 Å². The maximum Gasteiger partial charge on any atom is 0.320 e. The van der Waals surface area contributed by atoms with Crippen molar-refractivity contribution in [2.75, 3.05) is 46.3 Å². The molecular formula is C30H40N6O3. The number of benzene rings is 1. The van der Waals surface area contributed by atoms with Crippen LogP contribution >= 0.6 is 0 Å². The van der Waals surface area contributed by atoms with E-state index in [1.807, 2.05) is 54.8 Å². The highest BCUT2D eigenvalue weighted by Gasteiger charge is 2.29. The minimum Gasteiger partial charge on any atom is -0.348 e. The fourth-order valence-corrected chi connectivity index (χ4v) is 6.07. The Balaban J connectivity index is 1.28. The largest absolute Gasteiger partial charge is 0.348 e. The van der Waals surface area contributed by atoms with E-state index in [-0.39, 0.29) is 24.0 Å². The van der Waals surface area contributed by atoms with Crippen LogP contribution in [0.5, 0.6) is 0 Å². The number of urea groups is 1. The number of hydrogen-bond acceptors (Lipinski definition) is 4. The summed E-state index contributed by atoms with van der Waals surface area (Å²) >= 11 is 0. The normalized spacial score (nSPS) is 17.1. The molecule has 2 aliphatic heterocycles. The van der Waals surface area contributed by atoms with Gasteiger partial charge in [0, 0.05) is 80.2 Å². The molecule has 0 atom stereocenters. The molecule has 1 aromatic carbocycles. The molecule has 0 saturated carbocycles. The van der Waals surface area contributed by atoms with Crippen LogP contribution in [0.2, 0.25) is 0 Å². The fraction of sp³-hybridized carbons (Fsp3) is 0.500. The van der Waals surface area contributed by atoms with Crippen LogP contribution in [-0.4, -0.2) is 82.5 Å². The number of hydrogen-bond donors (Lipinski definition) is 2. The molecule has 9 heteroatoms. The molecule has 2 aliphatic rings. The van der Waals surface area contributed by atoms with Crippen molar-refractivity contribution in [3.8, 4) is 0 Å². The molecule has 2 aromatic heterocycles. The number of likely N-dealkylation sites (N-methyl/N-ethyl adjacent to an activating group) is 1. The van der Waals surface area contributed by atoms with E-state index < -0.39 is 0 Å². The molecule has 5 rings (SSSR count). The Morgan fingerprint density at radius 1 is 0.974 bits per heavy atom. The van der Waals surface area contributed by atoms with E-state index in [0.29, 0.717) is 17.0 Å². The molecule has 0 bridgehead atoms. The van der Waals surface area contributed by atoms with Crippen molar-refractivity contribution in [2.24, 2.45) is 5.92 Å². The number of carbonyl (C=O) groups is 2. The number of aromatic amines is 1. The lowest BCUT2D eigenvalue weighted by atomic mass is 9.96. The first-order valence-corrected chi connectivity index (χ1v) is 14.0. The van der Waals surface area contributed by atoms with Crippen molar-refractivity contribution in [3.63, 3.8) is 0 Å². The van der Waals surface area contributed by atoms with Crippen molar-refractivity contribution in [1.82, 2.24) is 29.6 Å². The van der Waals surface area contributed by atoms with Gasteiger partial charge in [-0.25, -0.2) is 4.79 Å². The van der Waals surface area contributed by atoms with E-state index in [4.69, 9.17) is 0 Å². The van der Waals surface area contributed by atoms with Gasteiger partial charge in [-0.15, -0.1) is 0 Å². The number of amides is 3. The summed E-state index contributed by atoms with van der Waals surface area (Å²) in [5.41, 5.74) is 4.72. The Morgan fingerprint density at radius 2 is 1.64 bits per heavy atom. The van der Waals surface area contributed by atoms with Crippen LogP contribution in [0, 0.1) is 26.7 Å². The summed E-state index contributed by atoms with van der Waals surface area (Å²) in [4.78, 5) is 48.0. The predicted molar refractivity (Wildman–Crippen MR) is 153 cm³/mol. The van der Waals surface area contributed by atoms with E-state index >= 15 is 0 Å². The minimum absolute atomic E-state index is 0.163. The van der Waals surface area contributed by atoms with Gasteiger partial charge in [-0.05, 0) is 64.3 Å². The second-order valence-corrected chi connectivity index (χ2v) is 11.2. The summed E-state index contributed by atoms with van der Waals surface area (Å²) in [6, 6.07) is 10.1. The van der Waals surface area contributed by atoms with Crippen molar-refractivity contribution in [2.45, 2.75) is 46.7 Å². The van der Waals surface area contributed by atoms with Gasteiger partial charge in [-0.1, -0.05) is 18.2 Å². The quantitative estimate of drug-likeness (QED) is 0.528. The standard InChI is InChI=1S/C30H40N6O3/c1-20-17-21(2)32-28(37)25(20)18-31-29(38)27-22(3)36(26-8-6-5-7-24(26)27)19-23-9-11-34(12-10-23)30(39)35-15-13-33(4)14-16-35/h5-8,17,23H,9-16,18-19H2,1-4H3,(H,31,38)(H,32,37). The third-order valence-electron chi connectivity index (χ3n) is 8.48. The lowest BCUT2D eigenvalue weighted by Crippen LogP contribution is -2.53. The number of aryl methyl sites for hydroxylation is 2. The van der Waals surface area contributed by atoms with Crippen LogP contribution in [0.15, 0.2) is 35.1 Å². The molecule has 0 radical (unpaired) electrons. The number of piperidine rings is 1. The van der Waals surface area contributed by atoms with Gasteiger partial charge in [-0.2, -0.15) is 0 Å². The molecule has 3 aromatic rings. The van der Waals surface area contributed by atoms with Crippen LogP contribution in [0.4, 0.5) is 4.79 Å². The topological polar surface area (TPSA) is 93.7 Å². The first-order valence-electron chi connectivity index (χ1n) is 14.0. The van der Waals surface area contributed by atoms with Gasteiger partial charge in [0.25, 0.3) is 11.5 Å². The van der Waals surface area contributed by atoms with Gasteiger partial charge >= 0.3 is 6.03 Å². The van der Waals surface area contributed by atoms with Crippen molar-refractivity contribution in [3.05, 3.63) is 68.8 Å². The third kappa shape index (κ3) is 5.59. The lowest BCUT2D eigenvalue weighted by Gasteiger charge is -2.39. The molecule has 0 aliphatic carbocycles. The van der Waals surface area contributed by atoms with Crippen LogP contribution in [0.25, 0.3) is 10.9 Å². The summed E-state index contributed by atoms with van der Waals surface area (Å²) in [6.07, 6.45) is 1.89. The molecule has 4 heterocycles. The van der Waals surface area contributed by atoms with E-state index in [9.17, 15) is 14.4 Å². The second kappa shape index (κ2) is 11.3. The van der Waals surface area contributed by atoms with E-state index in [1.165, 1.54) is 0 Å². The van der Waals surface area contributed by atoms with Gasteiger partial charge in [0.1, 0.15) is 0 Å². The van der Waals surface area contributed by atoms with Crippen LogP contribution in [0.1, 0.15) is 45.7 Å². The molecule has 2 saturated heterocycles. The number of piperazine rings is 1. The number of likely N-dealkylation sites (tertiary alicyclic amines) is 1.